The average molecular weight is 552 g/mol. The van der Waals surface area contributed by atoms with E-state index in [2.05, 4.69) is 13.8 Å². The molecule has 0 atom stereocenters. The minimum absolute atomic E-state index is 0.0812. The number of furan rings is 1. The Morgan fingerprint density at radius 3 is 1.86 bits per heavy atom. The van der Waals surface area contributed by atoms with Crippen molar-refractivity contribution in [2.75, 3.05) is 0 Å². The van der Waals surface area contributed by atoms with Gasteiger partial charge in [-0.1, -0.05) is 129 Å². The van der Waals surface area contributed by atoms with Crippen molar-refractivity contribution in [3.05, 3.63) is 144 Å². The van der Waals surface area contributed by atoms with Crippen LogP contribution in [0.1, 0.15) is 45.5 Å². The average Bonchev–Trinajstić information content (AvgIpc) is 3.70. The largest absolute Gasteiger partial charge is 0.456 e. The fourth-order valence-corrected chi connectivity index (χ4v) is 6.59. The zero-order chi connectivity index (χ0) is 41.1. The van der Waals surface area contributed by atoms with E-state index in [0.717, 1.165) is 22.3 Å². The number of hydrogen-bond donors (Lipinski definition) is 0. The van der Waals surface area contributed by atoms with E-state index in [1.807, 2.05) is 36.4 Å². The molecule has 0 aliphatic heterocycles. The third kappa shape index (κ3) is 3.08. The van der Waals surface area contributed by atoms with Crippen LogP contribution in [0.15, 0.2) is 138 Å². The van der Waals surface area contributed by atoms with Gasteiger partial charge in [0.1, 0.15) is 11.2 Å². The highest BCUT2D eigenvalue weighted by Gasteiger charge is 2.35. The van der Waals surface area contributed by atoms with E-state index in [1.165, 1.54) is 0 Å². The molecule has 9 rings (SSSR count). The Balaban J connectivity index is 1.60. The first-order valence-corrected chi connectivity index (χ1v) is 13.5. The molecule has 0 amide bonds. The van der Waals surface area contributed by atoms with E-state index in [4.69, 9.17) is 18.1 Å². The van der Waals surface area contributed by atoms with Gasteiger partial charge in [-0.05, 0) is 84.2 Å². The molecule has 1 nitrogen and oxygen atoms in total. The van der Waals surface area contributed by atoms with Gasteiger partial charge in [-0.25, -0.2) is 0 Å². The fraction of sp³-hybridized carbons (Fsp3) is 0.0732. The van der Waals surface area contributed by atoms with Crippen LogP contribution in [0.4, 0.5) is 0 Å². The Labute approximate surface area is 265 Å². The van der Waals surface area contributed by atoms with Gasteiger partial charge in [0.15, 0.2) is 0 Å². The topological polar surface area (TPSA) is 13.1 Å². The second kappa shape index (κ2) is 8.44. The van der Waals surface area contributed by atoms with Gasteiger partial charge < -0.3 is 4.42 Å². The molecule has 0 bridgehead atoms. The van der Waals surface area contributed by atoms with Gasteiger partial charge in [0.05, 0.1) is 20.6 Å². The Bertz CT molecular complexity index is 3140. The predicted molar refractivity (Wildman–Crippen MR) is 177 cm³/mol. The van der Waals surface area contributed by atoms with Crippen LogP contribution in [-0.4, -0.2) is 0 Å². The molecular weight excluding hydrogens is 508 g/mol. The van der Waals surface area contributed by atoms with Crippen molar-refractivity contribution in [1.29, 1.82) is 0 Å². The maximum absolute atomic E-state index is 9.41. The summed E-state index contributed by atoms with van der Waals surface area (Å²) in [6.07, 6.45) is 0. The van der Waals surface area contributed by atoms with Gasteiger partial charge in [0, 0.05) is 16.2 Å². The van der Waals surface area contributed by atoms with Crippen LogP contribution in [0, 0.1) is 0 Å². The van der Waals surface area contributed by atoms with E-state index in [0.29, 0.717) is 5.56 Å². The Hall–Kier alpha value is -5.14. The quantitative estimate of drug-likeness (QED) is 0.195. The zero-order valence-electron chi connectivity index (χ0n) is 37.4. The molecule has 1 aliphatic rings. The van der Waals surface area contributed by atoms with Crippen LogP contribution in [-0.2, 0) is 5.41 Å². The highest BCUT2D eigenvalue weighted by atomic mass is 16.3. The van der Waals surface area contributed by atoms with Crippen molar-refractivity contribution in [2.45, 2.75) is 19.3 Å². The second-order valence-electron chi connectivity index (χ2n) is 10.9. The minimum atomic E-state index is -0.709. The van der Waals surface area contributed by atoms with Gasteiger partial charge in [0.25, 0.3) is 0 Å². The first-order chi connectivity index (χ1) is 26.8. The molecule has 0 saturated heterocycles. The lowest BCUT2D eigenvalue weighted by Crippen LogP contribution is -2.14. The predicted octanol–water partition coefficient (Wildman–Crippen LogP) is 11.5. The Morgan fingerprint density at radius 2 is 1.12 bits per heavy atom. The smallest absolute Gasteiger partial charge is 0.136 e. The fourth-order valence-electron chi connectivity index (χ4n) is 6.59. The Morgan fingerprint density at radius 1 is 0.524 bits per heavy atom. The maximum Gasteiger partial charge on any atom is 0.136 e. The summed E-state index contributed by atoms with van der Waals surface area (Å²) in [5.74, 6) is 0. The highest BCUT2D eigenvalue weighted by molar-refractivity contribution is 6.25. The molecule has 0 spiro atoms. The van der Waals surface area contributed by atoms with Crippen LogP contribution in [0.25, 0.3) is 76.9 Å². The van der Waals surface area contributed by atoms with Crippen molar-refractivity contribution in [3.8, 4) is 33.4 Å². The molecule has 1 heteroatoms. The molecule has 0 radical (unpaired) electrons. The molecule has 42 heavy (non-hydrogen) atoms. The molecule has 0 fully saturated rings. The summed E-state index contributed by atoms with van der Waals surface area (Å²) >= 11 is 0. The van der Waals surface area contributed by atoms with Gasteiger partial charge in [-0.3, -0.25) is 0 Å². The van der Waals surface area contributed by atoms with E-state index in [9.17, 15) is 6.85 Å². The molecule has 0 unspecified atom stereocenters. The summed E-state index contributed by atoms with van der Waals surface area (Å²) in [5.41, 5.74) is 2.45. The lowest BCUT2D eigenvalue weighted by Gasteiger charge is -2.22. The Kier molecular flexibility index (Phi) is 2.66. The number of para-hydroxylation sites is 1. The molecule has 1 heterocycles. The number of rotatable bonds is 2. The SMILES string of the molecule is [2H]c1c([2H])c([2H])c2c(oc3c([2H])c([2H])c([2H])c(-c4c5c([2H])c([2H])c([2H])c([2H])c5c(-c5ccc6c(c5)-c5ccccc5C6(C)C)c5c([2H])c([2H])c([2H])c([2H])c45)c32)c1[2H]. The molecule has 1 aliphatic carbocycles. The van der Waals surface area contributed by atoms with Gasteiger partial charge >= 0.3 is 0 Å². The lowest BCUT2D eigenvalue weighted by molar-refractivity contribution is 0.660. The van der Waals surface area contributed by atoms with Crippen molar-refractivity contribution >= 4 is 43.5 Å². The first kappa shape index (κ1) is 13.2. The van der Waals surface area contributed by atoms with Crippen LogP contribution in [0.5, 0.6) is 0 Å². The number of hydrogen-bond acceptors (Lipinski definition) is 1. The van der Waals surface area contributed by atoms with Crippen LogP contribution >= 0.6 is 0 Å². The lowest BCUT2D eigenvalue weighted by atomic mass is 9.81. The second-order valence-corrected chi connectivity index (χ2v) is 10.9. The van der Waals surface area contributed by atoms with Crippen molar-refractivity contribution in [3.63, 3.8) is 0 Å². The third-order valence-electron chi connectivity index (χ3n) is 8.44. The van der Waals surface area contributed by atoms with E-state index in [-0.39, 0.29) is 54.6 Å². The van der Waals surface area contributed by atoms with Crippen molar-refractivity contribution in [2.24, 2.45) is 0 Å². The van der Waals surface area contributed by atoms with Gasteiger partial charge in [0.2, 0.25) is 0 Å². The van der Waals surface area contributed by atoms with E-state index >= 15 is 0 Å². The molecule has 0 saturated carbocycles. The standard InChI is InChI=1S/C41H28O/c1-41(2)34-19-9-7-12-26(34)33-24-25(22-23-35(33)41)38-27-13-3-5-15-29(27)39(30-16-6-4-14-28(30)38)32-18-11-21-37-40(32)31-17-8-10-20-36(31)42-37/h3-24H,1-2H3/i3D,4D,5D,6D,8D,10D,11D,13D,14D,15D,16D,17D,18D,20D,21D. The third-order valence-corrected chi connectivity index (χ3v) is 8.44. The highest BCUT2D eigenvalue weighted by Crippen LogP contribution is 2.51. The van der Waals surface area contributed by atoms with Gasteiger partial charge in [-0.15, -0.1) is 0 Å². The van der Waals surface area contributed by atoms with Crippen molar-refractivity contribution < 1.29 is 25.0 Å². The van der Waals surface area contributed by atoms with E-state index < -0.39 is 102 Å². The number of benzene rings is 7. The van der Waals surface area contributed by atoms with Gasteiger partial charge in [-0.2, -0.15) is 0 Å². The summed E-state index contributed by atoms with van der Waals surface area (Å²) in [5, 5.41) is -1.28. The normalized spacial score (nSPS) is 18.7. The van der Waals surface area contributed by atoms with E-state index in [1.54, 1.807) is 6.07 Å². The maximum atomic E-state index is 9.41. The minimum Gasteiger partial charge on any atom is -0.456 e. The summed E-state index contributed by atoms with van der Waals surface area (Å²) in [7, 11) is 0. The van der Waals surface area contributed by atoms with Crippen molar-refractivity contribution in [1.82, 2.24) is 0 Å². The number of fused-ring (bicyclic) bond motifs is 8. The monoisotopic (exact) mass is 551 g/mol. The first-order valence-electron chi connectivity index (χ1n) is 21.0. The molecule has 198 valence electrons. The van der Waals surface area contributed by atoms with Crippen LogP contribution in [0.3, 0.4) is 0 Å². The van der Waals surface area contributed by atoms with Crippen LogP contribution in [0.2, 0.25) is 0 Å². The summed E-state index contributed by atoms with van der Waals surface area (Å²) in [6, 6.07) is 3.92. The molecule has 1 aromatic heterocycles. The van der Waals surface area contributed by atoms with Crippen LogP contribution < -0.4 is 0 Å². The summed E-state index contributed by atoms with van der Waals surface area (Å²) in [4.78, 5) is 0. The summed E-state index contributed by atoms with van der Waals surface area (Å²) < 4.78 is 140. The molecular formula is C41H28O. The summed E-state index contributed by atoms with van der Waals surface area (Å²) in [6.45, 7) is 4.18. The molecule has 0 N–H and O–H groups in total. The molecule has 8 aromatic rings. The zero-order valence-corrected chi connectivity index (χ0v) is 22.4. The molecule has 7 aromatic carbocycles.